The van der Waals surface area contributed by atoms with Gasteiger partial charge in [0.1, 0.15) is 0 Å². The third-order valence-electron chi connectivity index (χ3n) is 7.46. The van der Waals surface area contributed by atoms with Crippen molar-refractivity contribution >= 4 is 17.7 Å². The smallest absolute Gasteiger partial charge is 0.239 e. The Balaban J connectivity index is 1.44. The summed E-state index contributed by atoms with van der Waals surface area (Å²) >= 11 is 0. The molecule has 0 unspecified atom stereocenters. The maximum absolute atomic E-state index is 13.1. The molecule has 8 heteroatoms. The number of rotatable bonds is 2. The first-order valence-electron chi connectivity index (χ1n) is 12.0. The Morgan fingerprint density at radius 2 is 2.03 bits per heavy atom. The maximum atomic E-state index is 13.1. The molecule has 3 aliphatic rings. The van der Waals surface area contributed by atoms with E-state index in [0.717, 1.165) is 32.5 Å². The number of pyridine rings is 1. The molecule has 1 aromatic heterocycles. The van der Waals surface area contributed by atoms with Gasteiger partial charge in [0.15, 0.2) is 0 Å². The van der Waals surface area contributed by atoms with E-state index in [2.05, 4.69) is 38.7 Å². The second-order valence-electron chi connectivity index (χ2n) is 9.70. The van der Waals surface area contributed by atoms with E-state index < -0.39 is 5.41 Å². The summed E-state index contributed by atoms with van der Waals surface area (Å²) in [6.07, 6.45) is 11.7. The molecule has 0 radical (unpaired) electrons. The van der Waals surface area contributed by atoms with Crippen LogP contribution in [0.15, 0.2) is 36.7 Å². The van der Waals surface area contributed by atoms with E-state index in [4.69, 9.17) is 0 Å². The molecular weight excluding hydrogens is 418 g/mol. The summed E-state index contributed by atoms with van der Waals surface area (Å²) in [7, 11) is 0. The van der Waals surface area contributed by atoms with Crippen LogP contribution in [0.2, 0.25) is 0 Å². The predicted molar refractivity (Wildman–Crippen MR) is 125 cm³/mol. The second-order valence-corrected chi connectivity index (χ2v) is 9.70. The summed E-state index contributed by atoms with van der Waals surface area (Å²) in [5, 5.41) is 6.06. The molecular formula is C25H35N5O3. The second kappa shape index (κ2) is 10.5. The Labute approximate surface area is 195 Å². The normalized spacial score (nSPS) is 27.5. The molecule has 1 spiro atoms. The van der Waals surface area contributed by atoms with E-state index in [1.807, 2.05) is 12.3 Å². The largest absolute Gasteiger partial charge is 0.351 e. The molecule has 2 atom stereocenters. The van der Waals surface area contributed by atoms with Gasteiger partial charge in [-0.3, -0.25) is 24.3 Å². The molecule has 178 valence electrons. The van der Waals surface area contributed by atoms with Gasteiger partial charge in [0.05, 0.1) is 12.0 Å². The van der Waals surface area contributed by atoms with Crippen molar-refractivity contribution in [1.29, 1.82) is 0 Å². The van der Waals surface area contributed by atoms with Crippen molar-refractivity contribution in [3.63, 3.8) is 0 Å². The highest BCUT2D eigenvalue weighted by Gasteiger charge is 2.41. The number of aromatic nitrogens is 1. The minimum atomic E-state index is -0.555. The van der Waals surface area contributed by atoms with Gasteiger partial charge in [-0.2, -0.15) is 0 Å². The number of allylic oxidation sites excluding steroid dienone is 2. The summed E-state index contributed by atoms with van der Waals surface area (Å²) in [5.41, 5.74) is 0.644. The standard InChI is InChI=1S/C25H35N5O3/c1-19(31)30-13-9-25(10-14-30)8-3-2-6-21-18-29(17-20-5-4-11-26-15-20)12-7-22(21)28-23(32)16-27-24(25)33/h2-5,11,15,21-22H,6-10,12-14,16-18H2,1H3,(H,27,33)(H,28,32)/b3-2+/t21-,22+/m0/s1. The Morgan fingerprint density at radius 3 is 2.76 bits per heavy atom. The number of piperidine rings is 2. The number of hydrogen-bond donors (Lipinski definition) is 2. The molecule has 0 saturated carbocycles. The average molecular weight is 454 g/mol. The van der Waals surface area contributed by atoms with Crippen molar-refractivity contribution in [3.05, 3.63) is 42.2 Å². The molecule has 0 aliphatic carbocycles. The lowest BCUT2D eigenvalue weighted by Crippen LogP contribution is -2.54. The van der Waals surface area contributed by atoms with E-state index in [9.17, 15) is 14.4 Å². The molecule has 4 heterocycles. The topological polar surface area (TPSA) is 94.6 Å². The lowest BCUT2D eigenvalue weighted by molar-refractivity contribution is -0.140. The number of amides is 3. The lowest BCUT2D eigenvalue weighted by Gasteiger charge is -2.41. The lowest BCUT2D eigenvalue weighted by atomic mass is 9.74. The van der Waals surface area contributed by atoms with Crippen LogP contribution in [0, 0.1) is 11.3 Å². The van der Waals surface area contributed by atoms with Gasteiger partial charge in [0.2, 0.25) is 17.7 Å². The number of nitrogens with zero attached hydrogens (tertiary/aromatic N) is 3. The molecule has 2 fully saturated rings. The highest BCUT2D eigenvalue weighted by molar-refractivity contribution is 5.88. The molecule has 3 aliphatic heterocycles. The minimum Gasteiger partial charge on any atom is -0.351 e. The SMILES string of the molecule is CC(=O)N1CCC2(C/C=C/C[C@H]3CN(Cc4cccnc4)CC[C@H]3NC(=O)CNC2=O)CC1. The molecule has 8 nitrogen and oxygen atoms in total. The predicted octanol–water partition coefficient (Wildman–Crippen LogP) is 1.48. The first-order chi connectivity index (χ1) is 15.9. The monoisotopic (exact) mass is 453 g/mol. The Morgan fingerprint density at radius 1 is 1.21 bits per heavy atom. The number of fused-ring (bicyclic) bond motifs is 1. The minimum absolute atomic E-state index is 0.00331. The molecule has 1 aromatic rings. The number of carbonyl (C=O) groups excluding carboxylic acids is 3. The molecule has 2 saturated heterocycles. The van der Waals surface area contributed by atoms with Crippen LogP contribution in [0.5, 0.6) is 0 Å². The first kappa shape index (κ1) is 23.4. The molecule has 33 heavy (non-hydrogen) atoms. The number of nitrogens with one attached hydrogen (secondary N) is 2. The molecule has 2 N–H and O–H groups in total. The third kappa shape index (κ3) is 5.79. The van der Waals surface area contributed by atoms with Crippen molar-refractivity contribution in [1.82, 2.24) is 25.4 Å². The summed E-state index contributed by atoms with van der Waals surface area (Å²) in [4.78, 5) is 45.9. The summed E-state index contributed by atoms with van der Waals surface area (Å²) < 4.78 is 0. The van der Waals surface area contributed by atoms with Crippen molar-refractivity contribution in [2.24, 2.45) is 11.3 Å². The van der Waals surface area contributed by atoms with Crippen LogP contribution in [0.3, 0.4) is 0 Å². The van der Waals surface area contributed by atoms with Gasteiger partial charge in [0, 0.05) is 58.1 Å². The fourth-order valence-electron chi connectivity index (χ4n) is 5.39. The van der Waals surface area contributed by atoms with Crippen LogP contribution in [-0.2, 0) is 20.9 Å². The van der Waals surface area contributed by atoms with Crippen molar-refractivity contribution in [2.45, 2.75) is 51.6 Å². The number of carbonyl (C=O) groups is 3. The van der Waals surface area contributed by atoms with Gasteiger partial charge in [-0.15, -0.1) is 0 Å². The van der Waals surface area contributed by atoms with Crippen molar-refractivity contribution in [3.8, 4) is 0 Å². The number of hydrogen-bond acceptors (Lipinski definition) is 5. The molecule has 4 rings (SSSR count). The molecule has 0 aromatic carbocycles. The zero-order valence-corrected chi connectivity index (χ0v) is 19.5. The summed E-state index contributed by atoms with van der Waals surface area (Å²) in [5.74, 6) is 0.169. The van der Waals surface area contributed by atoms with E-state index in [0.29, 0.717) is 38.3 Å². The van der Waals surface area contributed by atoms with Gasteiger partial charge in [0.25, 0.3) is 0 Å². The van der Waals surface area contributed by atoms with E-state index in [-0.39, 0.29) is 30.3 Å². The number of likely N-dealkylation sites (tertiary alicyclic amines) is 2. The van der Waals surface area contributed by atoms with Gasteiger partial charge < -0.3 is 15.5 Å². The fourth-order valence-corrected chi connectivity index (χ4v) is 5.39. The van der Waals surface area contributed by atoms with Crippen molar-refractivity contribution < 1.29 is 14.4 Å². The Bertz CT molecular complexity index is 879. The average Bonchev–Trinajstić information content (AvgIpc) is 2.82. The maximum Gasteiger partial charge on any atom is 0.239 e. The van der Waals surface area contributed by atoms with Crippen LogP contribution in [0.1, 0.15) is 44.6 Å². The van der Waals surface area contributed by atoms with Crippen LogP contribution in [-0.4, -0.2) is 71.3 Å². The highest BCUT2D eigenvalue weighted by Crippen LogP contribution is 2.36. The van der Waals surface area contributed by atoms with Gasteiger partial charge in [-0.25, -0.2) is 0 Å². The van der Waals surface area contributed by atoms with Crippen LogP contribution >= 0.6 is 0 Å². The highest BCUT2D eigenvalue weighted by atomic mass is 16.2. The first-order valence-corrected chi connectivity index (χ1v) is 12.0. The van der Waals surface area contributed by atoms with Gasteiger partial charge in [-0.05, 0) is 49.7 Å². The molecule has 3 amide bonds. The molecule has 0 bridgehead atoms. The third-order valence-corrected chi connectivity index (χ3v) is 7.46. The van der Waals surface area contributed by atoms with Gasteiger partial charge >= 0.3 is 0 Å². The fraction of sp³-hybridized carbons (Fsp3) is 0.600. The van der Waals surface area contributed by atoms with E-state index in [1.165, 1.54) is 5.56 Å². The zero-order chi connectivity index (χ0) is 23.3. The van der Waals surface area contributed by atoms with E-state index in [1.54, 1.807) is 18.0 Å². The van der Waals surface area contributed by atoms with Crippen LogP contribution in [0.25, 0.3) is 0 Å². The zero-order valence-electron chi connectivity index (χ0n) is 19.5. The summed E-state index contributed by atoms with van der Waals surface area (Å²) in [6.45, 7) is 5.43. The van der Waals surface area contributed by atoms with E-state index >= 15 is 0 Å². The van der Waals surface area contributed by atoms with Crippen LogP contribution < -0.4 is 10.6 Å². The summed E-state index contributed by atoms with van der Waals surface area (Å²) in [6, 6.07) is 4.17. The van der Waals surface area contributed by atoms with Crippen molar-refractivity contribution in [2.75, 3.05) is 32.7 Å². The van der Waals surface area contributed by atoms with Gasteiger partial charge in [-0.1, -0.05) is 18.2 Å². The Kier molecular flexibility index (Phi) is 7.42. The quantitative estimate of drug-likeness (QED) is 0.662. The van der Waals surface area contributed by atoms with Crippen LogP contribution in [0.4, 0.5) is 0 Å². The Hall–Kier alpha value is -2.74.